The number of aryl methyl sites for hydroxylation is 1. The predicted molar refractivity (Wildman–Crippen MR) is 113 cm³/mol. The topological polar surface area (TPSA) is 46.5 Å². The molecule has 1 N–H and O–H groups in total. The fourth-order valence-corrected chi connectivity index (χ4v) is 6.04. The van der Waals surface area contributed by atoms with Gasteiger partial charge >= 0.3 is 6.03 Å². The van der Waals surface area contributed by atoms with Crippen LogP contribution >= 0.6 is 11.3 Å². The van der Waals surface area contributed by atoms with Gasteiger partial charge in [-0.25, -0.2) is 4.79 Å². The van der Waals surface area contributed by atoms with Gasteiger partial charge < -0.3 is 19.5 Å². The Labute approximate surface area is 171 Å². The number of carbonyl (C=O) groups is 1. The molecule has 152 valence electrons. The van der Waals surface area contributed by atoms with Gasteiger partial charge in [-0.2, -0.15) is 0 Å². The van der Waals surface area contributed by atoms with Crippen molar-refractivity contribution in [3.8, 4) is 5.00 Å². The van der Waals surface area contributed by atoms with Gasteiger partial charge in [-0.1, -0.05) is 13.8 Å². The largest absolute Gasteiger partial charge is 0.385 e. The Morgan fingerprint density at radius 3 is 2.93 bits per heavy atom. The smallest absolute Gasteiger partial charge is 0.318 e. The zero-order valence-electron chi connectivity index (χ0n) is 17.2. The summed E-state index contributed by atoms with van der Waals surface area (Å²) in [6, 6.07) is 4.40. The number of nitrogens with one attached hydrogen (secondary N) is 1. The van der Waals surface area contributed by atoms with Crippen LogP contribution in [0, 0.1) is 5.92 Å². The van der Waals surface area contributed by atoms with Crippen LogP contribution < -0.4 is 5.32 Å². The number of hydrogen-bond donors (Lipinski definition) is 1. The average Bonchev–Trinajstić information content (AvgIpc) is 3.26. The third kappa shape index (κ3) is 3.48. The third-order valence-corrected chi connectivity index (χ3v) is 7.25. The minimum atomic E-state index is 0.0335. The molecule has 0 radical (unpaired) electrons. The summed E-state index contributed by atoms with van der Waals surface area (Å²) in [5.41, 5.74) is 4.10. The molecule has 0 fully saturated rings. The fraction of sp³-hybridized carbons (Fsp3) is 0.591. The SMILES string of the molecule is COCCCNC(=O)N1Cc2c(sc3c2CCCC3)-n2cccc2[C@@H]1C(C)C. The molecule has 6 heteroatoms. The first-order valence-corrected chi connectivity index (χ1v) is 11.3. The molecule has 5 nitrogen and oxygen atoms in total. The highest BCUT2D eigenvalue weighted by Gasteiger charge is 2.36. The first-order valence-electron chi connectivity index (χ1n) is 10.5. The summed E-state index contributed by atoms with van der Waals surface area (Å²) in [6.45, 7) is 6.43. The van der Waals surface area contributed by atoms with Crippen LogP contribution in [0.5, 0.6) is 0 Å². The fourth-order valence-electron chi connectivity index (χ4n) is 4.64. The second-order valence-corrected chi connectivity index (χ2v) is 9.28. The lowest BCUT2D eigenvalue weighted by Gasteiger charge is -2.33. The molecule has 1 aliphatic carbocycles. The number of methoxy groups -OCH3 is 1. The van der Waals surface area contributed by atoms with E-state index in [1.807, 2.05) is 11.3 Å². The number of urea groups is 1. The minimum absolute atomic E-state index is 0.0335. The van der Waals surface area contributed by atoms with E-state index < -0.39 is 0 Å². The molecule has 0 saturated heterocycles. The van der Waals surface area contributed by atoms with Gasteiger partial charge in [-0.05, 0) is 55.7 Å². The molecular weight excluding hydrogens is 370 g/mol. The number of rotatable bonds is 5. The Bertz CT molecular complexity index is 839. The van der Waals surface area contributed by atoms with Crippen molar-refractivity contribution >= 4 is 17.4 Å². The number of amides is 2. The predicted octanol–water partition coefficient (Wildman–Crippen LogP) is 4.68. The molecule has 3 heterocycles. The van der Waals surface area contributed by atoms with Crippen LogP contribution in [-0.2, 0) is 24.1 Å². The van der Waals surface area contributed by atoms with Gasteiger partial charge in [-0.3, -0.25) is 0 Å². The number of hydrogen-bond acceptors (Lipinski definition) is 3. The van der Waals surface area contributed by atoms with Gasteiger partial charge in [0.2, 0.25) is 0 Å². The van der Waals surface area contributed by atoms with Crippen LogP contribution in [0.4, 0.5) is 4.79 Å². The normalized spacial score (nSPS) is 18.4. The van der Waals surface area contributed by atoms with Crippen molar-refractivity contribution in [1.82, 2.24) is 14.8 Å². The van der Waals surface area contributed by atoms with Gasteiger partial charge in [0.25, 0.3) is 0 Å². The van der Waals surface area contributed by atoms with Crippen molar-refractivity contribution in [2.75, 3.05) is 20.3 Å². The Hall–Kier alpha value is -1.79. The molecule has 0 bridgehead atoms. The van der Waals surface area contributed by atoms with E-state index in [0.717, 1.165) is 12.8 Å². The van der Waals surface area contributed by atoms with Crippen LogP contribution in [-0.4, -0.2) is 35.8 Å². The molecule has 1 atom stereocenters. The average molecular weight is 402 g/mol. The van der Waals surface area contributed by atoms with Gasteiger partial charge in [-0.15, -0.1) is 11.3 Å². The van der Waals surface area contributed by atoms with E-state index in [2.05, 4.69) is 47.0 Å². The Kier molecular flexibility index (Phi) is 5.78. The van der Waals surface area contributed by atoms with Gasteiger partial charge in [0.05, 0.1) is 12.6 Å². The molecule has 0 aromatic carbocycles. The highest BCUT2D eigenvalue weighted by Crippen LogP contribution is 2.43. The maximum absolute atomic E-state index is 13.2. The standard InChI is InChI=1S/C22H31N3O2S/c1-15(2)20-18-9-6-12-24(18)21-17(16-8-4-5-10-19(16)28-21)14-25(20)22(26)23-11-7-13-27-3/h6,9,12,15,20H,4-5,7-8,10-11,13-14H2,1-3H3,(H,23,26)/t20-/m0/s1. The van der Waals surface area contributed by atoms with Gasteiger partial charge in [0.1, 0.15) is 5.00 Å². The second kappa shape index (κ2) is 8.29. The molecule has 0 spiro atoms. The van der Waals surface area contributed by atoms with Crippen LogP contribution in [0.15, 0.2) is 18.3 Å². The number of fused-ring (bicyclic) bond motifs is 5. The zero-order chi connectivity index (χ0) is 19.7. The number of nitrogens with zero attached hydrogens (tertiary/aromatic N) is 2. The highest BCUT2D eigenvalue weighted by molar-refractivity contribution is 7.15. The Morgan fingerprint density at radius 2 is 2.14 bits per heavy atom. The second-order valence-electron chi connectivity index (χ2n) is 8.19. The van der Waals surface area contributed by atoms with E-state index in [1.165, 1.54) is 46.0 Å². The van der Waals surface area contributed by atoms with Crippen LogP contribution in [0.3, 0.4) is 0 Å². The van der Waals surface area contributed by atoms with Crippen LogP contribution in [0.1, 0.15) is 60.8 Å². The van der Waals surface area contributed by atoms with E-state index in [4.69, 9.17) is 4.74 Å². The lowest BCUT2D eigenvalue weighted by Crippen LogP contribution is -2.43. The van der Waals surface area contributed by atoms with Crippen LogP contribution in [0.25, 0.3) is 5.00 Å². The summed E-state index contributed by atoms with van der Waals surface area (Å²) < 4.78 is 7.46. The third-order valence-electron chi connectivity index (χ3n) is 5.92. The first-order chi connectivity index (χ1) is 13.6. The molecule has 2 aromatic rings. The van der Waals surface area contributed by atoms with Gasteiger partial charge in [0, 0.05) is 42.6 Å². The van der Waals surface area contributed by atoms with Crippen molar-refractivity contribution in [2.24, 2.45) is 5.92 Å². The van der Waals surface area contributed by atoms with Crippen molar-refractivity contribution in [2.45, 2.75) is 58.5 Å². The zero-order valence-corrected chi connectivity index (χ0v) is 18.0. The van der Waals surface area contributed by atoms with Crippen molar-refractivity contribution in [3.05, 3.63) is 40.0 Å². The summed E-state index contributed by atoms with van der Waals surface area (Å²) in [5, 5.41) is 4.45. The first kappa shape index (κ1) is 19.5. The molecule has 2 amide bonds. The van der Waals surface area contributed by atoms with Gasteiger partial charge in [0.15, 0.2) is 0 Å². The van der Waals surface area contributed by atoms with Crippen molar-refractivity contribution in [1.29, 1.82) is 0 Å². The molecular formula is C22H31N3O2S. The summed E-state index contributed by atoms with van der Waals surface area (Å²) in [7, 11) is 1.70. The molecule has 2 aliphatic rings. The van der Waals surface area contributed by atoms with E-state index in [9.17, 15) is 4.79 Å². The lowest BCUT2D eigenvalue weighted by atomic mass is 9.94. The summed E-state index contributed by atoms with van der Waals surface area (Å²) in [6.07, 6.45) is 7.87. The maximum Gasteiger partial charge on any atom is 0.318 e. The van der Waals surface area contributed by atoms with E-state index in [0.29, 0.717) is 25.6 Å². The molecule has 2 aromatic heterocycles. The molecule has 4 rings (SSSR count). The van der Waals surface area contributed by atoms with E-state index in [-0.39, 0.29) is 12.1 Å². The molecule has 0 unspecified atom stereocenters. The number of carbonyl (C=O) groups excluding carboxylic acids is 1. The van der Waals surface area contributed by atoms with Crippen LogP contribution in [0.2, 0.25) is 0 Å². The number of ether oxygens (including phenoxy) is 1. The Balaban J connectivity index is 1.72. The highest BCUT2D eigenvalue weighted by atomic mass is 32.1. The summed E-state index contributed by atoms with van der Waals surface area (Å²) >= 11 is 1.94. The Morgan fingerprint density at radius 1 is 1.32 bits per heavy atom. The number of aromatic nitrogens is 1. The molecule has 1 aliphatic heterocycles. The van der Waals surface area contributed by atoms with Crippen molar-refractivity contribution in [3.63, 3.8) is 0 Å². The monoisotopic (exact) mass is 401 g/mol. The summed E-state index contributed by atoms with van der Waals surface area (Å²) in [4.78, 5) is 16.8. The lowest BCUT2D eigenvalue weighted by molar-refractivity contribution is 0.147. The minimum Gasteiger partial charge on any atom is -0.385 e. The molecule has 28 heavy (non-hydrogen) atoms. The quantitative estimate of drug-likeness (QED) is 0.740. The van der Waals surface area contributed by atoms with E-state index >= 15 is 0 Å². The van der Waals surface area contributed by atoms with Crippen molar-refractivity contribution < 1.29 is 9.53 Å². The number of thiophene rings is 1. The summed E-state index contributed by atoms with van der Waals surface area (Å²) in [5.74, 6) is 0.336. The maximum atomic E-state index is 13.2. The molecule has 0 saturated carbocycles. The van der Waals surface area contributed by atoms with E-state index in [1.54, 1.807) is 7.11 Å².